The third kappa shape index (κ3) is 3.70. The molecule has 0 aliphatic carbocycles. The first-order valence-corrected chi connectivity index (χ1v) is 6.44. The van der Waals surface area contributed by atoms with Crippen LogP contribution in [-0.2, 0) is 4.74 Å². The van der Waals surface area contributed by atoms with E-state index in [0.717, 1.165) is 39.2 Å². The Bertz CT molecular complexity index is 205. The molecular weight excluding hydrogens is 204 g/mol. The van der Waals surface area contributed by atoms with E-state index in [-0.39, 0.29) is 6.10 Å². The summed E-state index contributed by atoms with van der Waals surface area (Å²) in [6.07, 6.45) is 4.56. The van der Waals surface area contributed by atoms with E-state index in [9.17, 15) is 5.11 Å². The third-order valence-corrected chi connectivity index (χ3v) is 3.63. The van der Waals surface area contributed by atoms with Crippen LogP contribution in [0.25, 0.3) is 0 Å². The zero-order valence-electron chi connectivity index (χ0n) is 10.3. The van der Waals surface area contributed by atoms with E-state index >= 15 is 0 Å². The van der Waals surface area contributed by atoms with Gasteiger partial charge in [-0.05, 0) is 39.3 Å². The molecule has 16 heavy (non-hydrogen) atoms. The summed E-state index contributed by atoms with van der Waals surface area (Å²) in [5.74, 6) is 0. The molecule has 1 N–H and O–H groups in total. The fourth-order valence-corrected chi connectivity index (χ4v) is 2.51. The summed E-state index contributed by atoms with van der Waals surface area (Å²) < 4.78 is 5.93. The maximum Gasteiger partial charge on any atom is 0.0994 e. The summed E-state index contributed by atoms with van der Waals surface area (Å²) in [5, 5.41) is 9.40. The number of hydrogen-bond donors (Lipinski definition) is 1. The van der Waals surface area contributed by atoms with Gasteiger partial charge < -0.3 is 14.7 Å². The van der Waals surface area contributed by atoms with E-state index in [4.69, 9.17) is 4.74 Å². The first-order chi connectivity index (χ1) is 7.74. The molecule has 2 rings (SSSR count). The molecule has 0 saturated carbocycles. The minimum Gasteiger partial charge on any atom is -0.393 e. The smallest absolute Gasteiger partial charge is 0.0994 e. The number of ether oxygens (including phenoxy) is 1. The summed E-state index contributed by atoms with van der Waals surface area (Å²) in [4.78, 5) is 4.65. The number of aliphatic hydroxyl groups is 1. The summed E-state index contributed by atoms with van der Waals surface area (Å²) in [6, 6.07) is 0. The van der Waals surface area contributed by atoms with Crippen molar-refractivity contribution in [2.75, 3.05) is 40.0 Å². The van der Waals surface area contributed by atoms with Crippen molar-refractivity contribution in [1.29, 1.82) is 0 Å². The van der Waals surface area contributed by atoms with Crippen LogP contribution < -0.4 is 0 Å². The second-order valence-corrected chi connectivity index (χ2v) is 5.17. The van der Waals surface area contributed by atoms with Crippen molar-refractivity contribution in [2.24, 2.45) is 0 Å². The normalized spacial score (nSPS) is 30.8. The number of likely N-dealkylation sites (tertiary alicyclic amines) is 2. The highest BCUT2D eigenvalue weighted by molar-refractivity contribution is 4.72. The lowest BCUT2D eigenvalue weighted by atomic mass is 10.1. The van der Waals surface area contributed by atoms with Crippen LogP contribution in [0.2, 0.25) is 0 Å². The molecule has 0 aromatic heterocycles. The summed E-state index contributed by atoms with van der Waals surface area (Å²) in [5.41, 5.74) is 0. The molecule has 0 radical (unpaired) electrons. The molecule has 2 fully saturated rings. The minimum absolute atomic E-state index is 0.0861. The Labute approximate surface area is 98.2 Å². The predicted octanol–water partition coefficient (Wildman–Crippen LogP) is 0.511. The van der Waals surface area contributed by atoms with Gasteiger partial charge in [0.25, 0.3) is 0 Å². The van der Waals surface area contributed by atoms with Crippen molar-refractivity contribution >= 4 is 0 Å². The second kappa shape index (κ2) is 5.96. The van der Waals surface area contributed by atoms with Crippen molar-refractivity contribution in [1.82, 2.24) is 9.80 Å². The topological polar surface area (TPSA) is 35.9 Å². The van der Waals surface area contributed by atoms with Gasteiger partial charge in [0, 0.05) is 19.6 Å². The number of likely N-dealkylation sites (N-methyl/N-ethyl adjacent to an activating group) is 1. The lowest BCUT2D eigenvalue weighted by Gasteiger charge is -2.33. The fourth-order valence-electron chi connectivity index (χ4n) is 2.51. The van der Waals surface area contributed by atoms with Gasteiger partial charge in [0.2, 0.25) is 0 Å². The summed E-state index contributed by atoms with van der Waals surface area (Å²) in [7, 11) is 2.16. The average Bonchev–Trinajstić information content (AvgIpc) is 2.28. The summed E-state index contributed by atoms with van der Waals surface area (Å²) >= 11 is 0. The molecule has 0 bridgehead atoms. The second-order valence-electron chi connectivity index (χ2n) is 5.17. The molecule has 0 aromatic rings. The molecule has 2 aliphatic heterocycles. The van der Waals surface area contributed by atoms with Crippen molar-refractivity contribution in [3.8, 4) is 0 Å². The highest BCUT2D eigenvalue weighted by Crippen LogP contribution is 2.14. The van der Waals surface area contributed by atoms with Crippen LogP contribution in [-0.4, -0.2) is 67.1 Å². The van der Waals surface area contributed by atoms with Gasteiger partial charge in [-0.25, -0.2) is 0 Å². The first kappa shape index (κ1) is 12.3. The van der Waals surface area contributed by atoms with Gasteiger partial charge in [-0.15, -0.1) is 0 Å². The van der Waals surface area contributed by atoms with Crippen LogP contribution in [0.4, 0.5) is 0 Å². The molecule has 2 saturated heterocycles. The predicted molar refractivity (Wildman–Crippen MR) is 63.3 cm³/mol. The molecule has 0 spiro atoms. The van der Waals surface area contributed by atoms with E-state index in [1.807, 2.05) is 0 Å². The Morgan fingerprint density at radius 1 is 1.19 bits per heavy atom. The Kier molecular flexibility index (Phi) is 4.58. The molecule has 1 atom stereocenters. The summed E-state index contributed by atoms with van der Waals surface area (Å²) in [6.45, 7) is 4.96. The van der Waals surface area contributed by atoms with Gasteiger partial charge >= 0.3 is 0 Å². The van der Waals surface area contributed by atoms with Crippen LogP contribution in [0.1, 0.15) is 25.7 Å². The highest BCUT2D eigenvalue weighted by atomic mass is 16.5. The Morgan fingerprint density at radius 3 is 2.62 bits per heavy atom. The largest absolute Gasteiger partial charge is 0.393 e. The average molecular weight is 228 g/mol. The van der Waals surface area contributed by atoms with E-state index < -0.39 is 0 Å². The quantitative estimate of drug-likeness (QED) is 0.763. The van der Waals surface area contributed by atoms with Gasteiger partial charge in [0.15, 0.2) is 0 Å². The number of nitrogens with zero attached hydrogens (tertiary/aromatic N) is 2. The third-order valence-electron chi connectivity index (χ3n) is 3.63. The first-order valence-electron chi connectivity index (χ1n) is 6.44. The van der Waals surface area contributed by atoms with Crippen LogP contribution in [0.5, 0.6) is 0 Å². The van der Waals surface area contributed by atoms with Crippen molar-refractivity contribution in [3.05, 3.63) is 0 Å². The number of aliphatic hydroxyl groups excluding tert-OH is 1. The zero-order valence-corrected chi connectivity index (χ0v) is 10.3. The molecule has 2 heterocycles. The van der Waals surface area contributed by atoms with Crippen molar-refractivity contribution in [3.63, 3.8) is 0 Å². The Hall–Kier alpha value is -0.160. The van der Waals surface area contributed by atoms with Gasteiger partial charge in [-0.3, -0.25) is 4.90 Å². The van der Waals surface area contributed by atoms with E-state index in [0.29, 0.717) is 6.10 Å². The van der Waals surface area contributed by atoms with Gasteiger partial charge in [0.1, 0.15) is 0 Å². The fraction of sp³-hybridized carbons (Fsp3) is 1.00. The minimum atomic E-state index is -0.0861. The standard InChI is InChI=1S/C12H24N2O2/c1-13-6-2-3-12(9-13)16-10-14-7-4-11(15)5-8-14/h11-12,15H,2-10H2,1H3. The van der Waals surface area contributed by atoms with E-state index in [2.05, 4.69) is 16.8 Å². The zero-order chi connectivity index (χ0) is 11.4. The van der Waals surface area contributed by atoms with Crippen LogP contribution in [0.15, 0.2) is 0 Å². The molecule has 0 aromatic carbocycles. The maximum absolute atomic E-state index is 9.40. The number of rotatable bonds is 3. The molecule has 4 nitrogen and oxygen atoms in total. The molecule has 4 heteroatoms. The lowest BCUT2D eigenvalue weighted by Crippen LogP contribution is -2.42. The van der Waals surface area contributed by atoms with E-state index in [1.165, 1.54) is 19.4 Å². The lowest BCUT2D eigenvalue weighted by molar-refractivity contribution is -0.0626. The van der Waals surface area contributed by atoms with Crippen LogP contribution in [0, 0.1) is 0 Å². The number of hydrogen-bond acceptors (Lipinski definition) is 4. The van der Waals surface area contributed by atoms with Crippen LogP contribution >= 0.6 is 0 Å². The number of piperidine rings is 2. The van der Waals surface area contributed by atoms with Gasteiger partial charge in [-0.2, -0.15) is 0 Å². The molecular formula is C12H24N2O2. The highest BCUT2D eigenvalue weighted by Gasteiger charge is 2.20. The molecule has 0 amide bonds. The maximum atomic E-state index is 9.40. The monoisotopic (exact) mass is 228 g/mol. The molecule has 1 unspecified atom stereocenters. The van der Waals surface area contributed by atoms with Gasteiger partial charge in [-0.1, -0.05) is 0 Å². The van der Waals surface area contributed by atoms with E-state index in [1.54, 1.807) is 0 Å². The van der Waals surface area contributed by atoms with Gasteiger partial charge in [0.05, 0.1) is 18.9 Å². The van der Waals surface area contributed by atoms with Crippen LogP contribution in [0.3, 0.4) is 0 Å². The SMILES string of the molecule is CN1CCCC(OCN2CCC(O)CC2)C1. The Morgan fingerprint density at radius 2 is 1.94 bits per heavy atom. The van der Waals surface area contributed by atoms with Crippen molar-refractivity contribution < 1.29 is 9.84 Å². The molecule has 94 valence electrons. The Balaban J connectivity index is 1.63. The van der Waals surface area contributed by atoms with Crippen molar-refractivity contribution in [2.45, 2.75) is 37.9 Å². The molecule has 2 aliphatic rings.